The number of hydrogen-bond acceptors (Lipinski definition) is 1. The number of carbonyl (C=O) groups excluding carboxylic acids is 1. The highest BCUT2D eigenvalue weighted by atomic mass is 16.1. The standard InChI is InChI=1S/C12H16O.C2H6/c1-9(2)12(10(3)13)11-7-5-4-6-8-11;1-2/h4-9,12H,1-3H3;1-2H3. The summed E-state index contributed by atoms with van der Waals surface area (Å²) in [6, 6.07) is 9.97. The highest BCUT2D eigenvalue weighted by Gasteiger charge is 2.19. The number of carbonyl (C=O) groups is 1. The monoisotopic (exact) mass is 206 g/mol. The Kier molecular flexibility index (Phi) is 6.68. The van der Waals surface area contributed by atoms with Gasteiger partial charge in [-0.3, -0.25) is 4.79 Å². The molecule has 0 amide bonds. The molecule has 0 radical (unpaired) electrons. The van der Waals surface area contributed by atoms with Gasteiger partial charge in [0, 0.05) is 5.92 Å². The van der Waals surface area contributed by atoms with Crippen LogP contribution in [0.5, 0.6) is 0 Å². The average molecular weight is 206 g/mol. The van der Waals surface area contributed by atoms with E-state index < -0.39 is 0 Å². The van der Waals surface area contributed by atoms with Crippen LogP contribution in [0, 0.1) is 5.92 Å². The highest BCUT2D eigenvalue weighted by Crippen LogP contribution is 2.24. The molecule has 1 rings (SSSR count). The van der Waals surface area contributed by atoms with Gasteiger partial charge in [0.05, 0.1) is 0 Å². The maximum absolute atomic E-state index is 11.4. The van der Waals surface area contributed by atoms with Gasteiger partial charge in [0.15, 0.2) is 0 Å². The van der Waals surface area contributed by atoms with Crippen LogP contribution in [0.2, 0.25) is 0 Å². The number of hydrogen-bond donors (Lipinski definition) is 0. The molecule has 0 fully saturated rings. The smallest absolute Gasteiger partial charge is 0.137 e. The Labute approximate surface area is 93.5 Å². The number of benzene rings is 1. The molecule has 0 bridgehead atoms. The van der Waals surface area contributed by atoms with Gasteiger partial charge < -0.3 is 0 Å². The van der Waals surface area contributed by atoms with Gasteiger partial charge in [-0.25, -0.2) is 0 Å². The Balaban J connectivity index is 0.000000921. The van der Waals surface area contributed by atoms with Crippen LogP contribution in [-0.2, 0) is 4.79 Å². The fourth-order valence-electron chi connectivity index (χ4n) is 1.75. The van der Waals surface area contributed by atoms with Crippen LogP contribution in [-0.4, -0.2) is 5.78 Å². The van der Waals surface area contributed by atoms with E-state index in [0.29, 0.717) is 5.92 Å². The minimum atomic E-state index is 0.0567. The van der Waals surface area contributed by atoms with Gasteiger partial charge in [0.1, 0.15) is 5.78 Å². The average Bonchev–Trinajstić information content (AvgIpc) is 2.21. The first-order valence-electron chi connectivity index (χ1n) is 5.68. The zero-order chi connectivity index (χ0) is 11.8. The van der Waals surface area contributed by atoms with Crippen molar-refractivity contribution in [3.8, 4) is 0 Å². The quantitative estimate of drug-likeness (QED) is 0.729. The zero-order valence-corrected chi connectivity index (χ0v) is 10.4. The van der Waals surface area contributed by atoms with Crippen molar-refractivity contribution in [1.29, 1.82) is 0 Å². The molecule has 1 heteroatoms. The van der Waals surface area contributed by atoms with Crippen molar-refractivity contribution in [2.24, 2.45) is 5.92 Å². The van der Waals surface area contributed by atoms with Crippen LogP contribution in [0.3, 0.4) is 0 Å². The summed E-state index contributed by atoms with van der Waals surface area (Å²) < 4.78 is 0. The highest BCUT2D eigenvalue weighted by molar-refractivity contribution is 5.83. The van der Waals surface area contributed by atoms with Crippen molar-refractivity contribution in [1.82, 2.24) is 0 Å². The lowest BCUT2D eigenvalue weighted by molar-refractivity contribution is -0.119. The molecule has 0 saturated carbocycles. The molecule has 0 saturated heterocycles. The van der Waals surface area contributed by atoms with E-state index >= 15 is 0 Å². The van der Waals surface area contributed by atoms with Gasteiger partial charge in [-0.15, -0.1) is 0 Å². The summed E-state index contributed by atoms with van der Waals surface area (Å²) in [5.74, 6) is 0.683. The van der Waals surface area contributed by atoms with Gasteiger partial charge in [-0.2, -0.15) is 0 Å². The van der Waals surface area contributed by atoms with E-state index in [1.165, 1.54) is 0 Å². The molecule has 0 N–H and O–H groups in total. The molecule has 0 spiro atoms. The normalized spacial score (nSPS) is 11.6. The van der Waals surface area contributed by atoms with E-state index in [1.54, 1.807) is 6.92 Å². The fourth-order valence-corrected chi connectivity index (χ4v) is 1.75. The zero-order valence-electron chi connectivity index (χ0n) is 10.4. The van der Waals surface area contributed by atoms with Crippen LogP contribution in [0.1, 0.15) is 46.1 Å². The van der Waals surface area contributed by atoms with Crippen molar-refractivity contribution < 1.29 is 4.79 Å². The second-order valence-corrected chi connectivity index (χ2v) is 3.74. The lowest BCUT2D eigenvalue weighted by Gasteiger charge is -2.17. The van der Waals surface area contributed by atoms with Crippen LogP contribution in [0.4, 0.5) is 0 Å². The predicted molar refractivity (Wildman–Crippen MR) is 66.1 cm³/mol. The Morgan fingerprint density at radius 2 is 1.53 bits per heavy atom. The van der Waals surface area contributed by atoms with Gasteiger partial charge >= 0.3 is 0 Å². The summed E-state index contributed by atoms with van der Waals surface area (Å²) >= 11 is 0. The minimum Gasteiger partial charge on any atom is -0.299 e. The largest absolute Gasteiger partial charge is 0.299 e. The number of ketones is 1. The molecule has 84 valence electrons. The summed E-state index contributed by atoms with van der Waals surface area (Å²) in [7, 11) is 0. The molecule has 1 atom stereocenters. The third-order valence-electron chi connectivity index (χ3n) is 2.26. The van der Waals surface area contributed by atoms with Gasteiger partial charge in [-0.05, 0) is 18.4 Å². The maximum atomic E-state index is 11.4. The molecule has 1 aromatic rings. The molecule has 15 heavy (non-hydrogen) atoms. The van der Waals surface area contributed by atoms with E-state index in [4.69, 9.17) is 0 Å². The molecule has 1 unspecified atom stereocenters. The third kappa shape index (κ3) is 4.28. The Morgan fingerprint density at radius 3 is 1.87 bits per heavy atom. The molecule has 0 aliphatic rings. The minimum absolute atomic E-state index is 0.0567. The Bertz CT molecular complexity index is 275. The van der Waals surface area contributed by atoms with Crippen molar-refractivity contribution >= 4 is 5.78 Å². The molecule has 0 aliphatic heterocycles. The summed E-state index contributed by atoms with van der Waals surface area (Å²) in [6.45, 7) is 9.83. The Hall–Kier alpha value is -1.11. The van der Waals surface area contributed by atoms with E-state index in [1.807, 2.05) is 44.2 Å². The fraction of sp³-hybridized carbons (Fsp3) is 0.500. The van der Waals surface area contributed by atoms with Gasteiger partial charge in [0.25, 0.3) is 0 Å². The van der Waals surface area contributed by atoms with Gasteiger partial charge in [-0.1, -0.05) is 58.0 Å². The van der Waals surface area contributed by atoms with Crippen LogP contribution in [0.25, 0.3) is 0 Å². The Morgan fingerprint density at radius 1 is 1.07 bits per heavy atom. The first kappa shape index (κ1) is 13.9. The summed E-state index contributed by atoms with van der Waals surface area (Å²) in [5, 5.41) is 0. The molecular formula is C14H22O. The molecule has 0 aromatic heterocycles. The van der Waals surface area contributed by atoms with E-state index in [0.717, 1.165) is 5.56 Å². The lowest BCUT2D eigenvalue weighted by atomic mass is 9.86. The van der Waals surface area contributed by atoms with Crippen LogP contribution in [0.15, 0.2) is 30.3 Å². The second-order valence-electron chi connectivity index (χ2n) is 3.74. The van der Waals surface area contributed by atoms with Crippen molar-refractivity contribution in [2.45, 2.75) is 40.5 Å². The summed E-state index contributed by atoms with van der Waals surface area (Å²) in [5.41, 5.74) is 1.13. The summed E-state index contributed by atoms with van der Waals surface area (Å²) in [4.78, 5) is 11.4. The first-order valence-corrected chi connectivity index (χ1v) is 5.68. The maximum Gasteiger partial charge on any atom is 0.137 e. The van der Waals surface area contributed by atoms with Gasteiger partial charge in [0.2, 0.25) is 0 Å². The summed E-state index contributed by atoms with van der Waals surface area (Å²) in [6.07, 6.45) is 0. The number of Topliss-reactive ketones (excluding diaryl/α,β-unsaturated/α-hetero) is 1. The van der Waals surface area contributed by atoms with Crippen molar-refractivity contribution in [2.75, 3.05) is 0 Å². The molecular weight excluding hydrogens is 184 g/mol. The molecule has 1 nitrogen and oxygen atoms in total. The molecule has 0 aliphatic carbocycles. The van der Waals surface area contributed by atoms with E-state index in [9.17, 15) is 4.79 Å². The number of rotatable bonds is 3. The van der Waals surface area contributed by atoms with E-state index in [2.05, 4.69) is 13.8 Å². The van der Waals surface area contributed by atoms with Crippen molar-refractivity contribution in [3.63, 3.8) is 0 Å². The van der Waals surface area contributed by atoms with E-state index in [-0.39, 0.29) is 11.7 Å². The lowest BCUT2D eigenvalue weighted by Crippen LogP contribution is -2.14. The SMILES string of the molecule is CC.CC(=O)C(c1ccccc1)C(C)C. The first-order chi connectivity index (χ1) is 7.13. The van der Waals surface area contributed by atoms with Crippen LogP contribution < -0.4 is 0 Å². The topological polar surface area (TPSA) is 17.1 Å². The second kappa shape index (κ2) is 7.22. The van der Waals surface area contributed by atoms with Crippen LogP contribution >= 0.6 is 0 Å². The molecule has 0 heterocycles. The molecule has 1 aromatic carbocycles. The van der Waals surface area contributed by atoms with Crippen molar-refractivity contribution in [3.05, 3.63) is 35.9 Å². The third-order valence-corrected chi connectivity index (χ3v) is 2.26. The predicted octanol–water partition coefficient (Wildman–Crippen LogP) is 4.04.